The maximum atomic E-state index is 12.6. The van der Waals surface area contributed by atoms with Crippen molar-refractivity contribution in [3.05, 3.63) is 27.2 Å². The molecule has 1 aromatic carbocycles. The van der Waals surface area contributed by atoms with Gasteiger partial charge in [-0.2, -0.15) is 4.31 Å². The van der Waals surface area contributed by atoms with E-state index in [1.165, 1.54) is 16.4 Å². The number of nitrogens with zero attached hydrogens (tertiary/aromatic N) is 1. The van der Waals surface area contributed by atoms with Crippen molar-refractivity contribution in [2.75, 3.05) is 19.6 Å². The van der Waals surface area contributed by atoms with Crippen molar-refractivity contribution in [2.24, 2.45) is 0 Å². The van der Waals surface area contributed by atoms with Crippen LogP contribution in [0.2, 0.25) is 15.1 Å². The molecule has 0 spiro atoms. The predicted molar refractivity (Wildman–Crippen MR) is 77.7 cm³/mol. The summed E-state index contributed by atoms with van der Waals surface area (Å²) >= 11 is 17.8. The topological polar surface area (TPSA) is 49.4 Å². The number of hydrogen-bond donors (Lipinski definition) is 1. The third-order valence-corrected chi connectivity index (χ3v) is 6.12. The van der Waals surface area contributed by atoms with Gasteiger partial charge in [-0.15, -0.1) is 0 Å². The lowest BCUT2D eigenvalue weighted by molar-refractivity contribution is 0.284. The number of halogens is 3. The van der Waals surface area contributed by atoms with Crippen LogP contribution >= 0.6 is 34.8 Å². The molecular weight excluding hydrogens is 331 g/mol. The van der Waals surface area contributed by atoms with Crippen LogP contribution in [0.1, 0.15) is 6.92 Å². The Hall–Kier alpha value is -0.0400. The molecule has 0 saturated carbocycles. The Labute approximate surface area is 127 Å². The van der Waals surface area contributed by atoms with Crippen molar-refractivity contribution in [3.8, 4) is 0 Å². The van der Waals surface area contributed by atoms with Gasteiger partial charge in [0.2, 0.25) is 10.0 Å². The Bertz CT molecular complexity index is 569. The van der Waals surface area contributed by atoms with Crippen molar-refractivity contribution in [1.82, 2.24) is 9.62 Å². The average molecular weight is 344 g/mol. The van der Waals surface area contributed by atoms with Gasteiger partial charge in [-0.1, -0.05) is 34.8 Å². The van der Waals surface area contributed by atoms with E-state index in [9.17, 15) is 8.42 Å². The van der Waals surface area contributed by atoms with Crippen LogP contribution in [0.5, 0.6) is 0 Å². The zero-order chi connectivity index (χ0) is 14.2. The summed E-state index contributed by atoms with van der Waals surface area (Å²) in [4.78, 5) is -0.0750. The first-order valence-corrected chi connectivity index (χ1v) is 8.28. The number of sulfonamides is 1. The molecule has 2 rings (SSSR count). The van der Waals surface area contributed by atoms with Gasteiger partial charge in [0, 0.05) is 30.7 Å². The maximum absolute atomic E-state index is 12.6. The van der Waals surface area contributed by atoms with Crippen LogP contribution in [-0.2, 0) is 10.0 Å². The molecule has 0 bridgehead atoms. The standard InChI is InChI=1S/C11H13Cl3N2O2S/c1-7-6-15-2-3-16(7)19(17,18)11-9(13)4-8(12)5-10(11)14/h4-5,7,15H,2-3,6H2,1H3/t7-/m0/s1. The van der Waals surface area contributed by atoms with E-state index < -0.39 is 10.0 Å². The molecule has 106 valence electrons. The molecular formula is C11H13Cl3N2O2S. The smallest absolute Gasteiger partial charge is 0.246 e. The lowest BCUT2D eigenvalue weighted by Crippen LogP contribution is -2.52. The van der Waals surface area contributed by atoms with Gasteiger partial charge in [-0.3, -0.25) is 0 Å². The monoisotopic (exact) mass is 342 g/mol. The molecule has 0 aromatic heterocycles. The van der Waals surface area contributed by atoms with Gasteiger partial charge >= 0.3 is 0 Å². The molecule has 1 aliphatic heterocycles. The molecule has 1 fully saturated rings. The first-order chi connectivity index (χ1) is 8.84. The van der Waals surface area contributed by atoms with Crippen molar-refractivity contribution < 1.29 is 8.42 Å². The number of hydrogen-bond acceptors (Lipinski definition) is 3. The van der Waals surface area contributed by atoms with Gasteiger partial charge in [0.1, 0.15) is 4.90 Å². The minimum atomic E-state index is -3.72. The zero-order valence-electron chi connectivity index (χ0n) is 10.2. The molecule has 1 saturated heterocycles. The minimum Gasteiger partial charge on any atom is -0.314 e. The maximum Gasteiger partial charge on any atom is 0.246 e. The molecule has 0 unspecified atom stereocenters. The van der Waals surface area contributed by atoms with E-state index in [4.69, 9.17) is 34.8 Å². The van der Waals surface area contributed by atoms with Crippen molar-refractivity contribution >= 4 is 44.8 Å². The number of piperazine rings is 1. The highest BCUT2D eigenvalue weighted by atomic mass is 35.5. The molecule has 0 amide bonds. The summed E-state index contributed by atoms with van der Waals surface area (Å²) in [5, 5.41) is 3.53. The van der Waals surface area contributed by atoms with E-state index >= 15 is 0 Å². The van der Waals surface area contributed by atoms with Gasteiger partial charge in [-0.05, 0) is 19.1 Å². The van der Waals surface area contributed by atoms with Crippen LogP contribution < -0.4 is 5.32 Å². The molecule has 1 N–H and O–H groups in total. The Morgan fingerprint density at radius 3 is 2.37 bits per heavy atom. The van der Waals surface area contributed by atoms with Crippen LogP contribution in [0.4, 0.5) is 0 Å². The second-order valence-corrected chi connectivity index (χ2v) is 7.45. The number of rotatable bonds is 2. The molecule has 0 radical (unpaired) electrons. The fraction of sp³-hybridized carbons (Fsp3) is 0.455. The summed E-state index contributed by atoms with van der Waals surface area (Å²) in [6.45, 7) is 3.43. The Balaban J connectivity index is 2.50. The van der Waals surface area contributed by atoms with Crippen LogP contribution in [0.15, 0.2) is 17.0 Å². The Morgan fingerprint density at radius 1 is 1.26 bits per heavy atom. The van der Waals surface area contributed by atoms with Gasteiger partial charge in [-0.25, -0.2) is 8.42 Å². The number of benzene rings is 1. The van der Waals surface area contributed by atoms with Crippen molar-refractivity contribution in [3.63, 3.8) is 0 Å². The quantitative estimate of drug-likeness (QED) is 0.898. The average Bonchev–Trinajstić information content (AvgIpc) is 2.27. The molecule has 1 aromatic rings. The third-order valence-electron chi connectivity index (χ3n) is 2.97. The summed E-state index contributed by atoms with van der Waals surface area (Å²) in [7, 11) is -3.72. The van der Waals surface area contributed by atoms with Crippen LogP contribution in [0, 0.1) is 0 Å². The third kappa shape index (κ3) is 3.01. The van der Waals surface area contributed by atoms with E-state index in [2.05, 4.69) is 5.32 Å². The van der Waals surface area contributed by atoms with Crippen LogP contribution in [-0.4, -0.2) is 38.4 Å². The minimum absolute atomic E-state index is 0.0447. The van der Waals surface area contributed by atoms with Gasteiger partial charge in [0.05, 0.1) is 10.0 Å². The molecule has 4 nitrogen and oxygen atoms in total. The largest absolute Gasteiger partial charge is 0.314 e. The van der Waals surface area contributed by atoms with Crippen molar-refractivity contribution in [1.29, 1.82) is 0 Å². The highest BCUT2D eigenvalue weighted by Crippen LogP contribution is 2.35. The lowest BCUT2D eigenvalue weighted by Gasteiger charge is -2.33. The fourth-order valence-electron chi connectivity index (χ4n) is 2.07. The van der Waals surface area contributed by atoms with E-state index in [0.29, 0.717) is 24.7 Å². The molecule has 19 heavy (non-hydrogen) atoms. The molecule has 8 heteroatoms. The van der Waals surface area contributed by atoms with Crippen LogP contribution in [0.3, 0.4) is 0 Å². The van der Waals surface area contributed by atoms with E-state index in [0.717, 1.165) is 0 Å². The summed E-state index contributed by atoms with van der Waals surface area (Å²) in [5.74, 6) is 0. The highest BCUT2D eigenvalue weighted by molar-refractivity contribution is 7.89. The van der Waals surface area contributed by atoms with E-state index in [1.807, 2.05) is 6.92 Å². The SMILES string of the molecule is C[C@H]1CNCCN1S(=O)(=O)c1c(Cl)cc(Cl)cc1Cl. The highest BCUT2D eigenvalue weighted by Gasteiger charge is 2.34. The first-order valence-electron chi connectivity index (χ1n) is 5.71. The molecule has 0 aliphatic carbocycles. The second-order valence-electron chi connectivity index (χ2n) is 4.37. The number of nitrogens with one attached hydrogen (secondary N) is 1. The summed E-state index contributed by atoms with van der Waals surface area (Å²) in [5.41, 5.74) is 0. The van der Waals surface area contributed by atoms with Gasteiger partial charge < -0.3 is 5.32 Å². The fourth-order valence-corrected chi connectivity index (χ4v) is 5.20. The van der Waals surface area contributed by atoms with Gasteiger partial charge in [0.15, 0.2) is 0 Å². The summed E-state index contributed by atoms with van der Waals surface area (Å²) < 4.78 is 26.7. The Morgan fingerprint density at radius 2 is 1.84 bits per heavy atom. The normalized spacial score (nSPS) is 21.6. The Kier molecular flexibility index (Phi) is 4.65. The molecule has 1 heterocycles. The van der Waals surface area contributed by atoms with Crippen LogP contribution in [0.25, 0.3) is 0 Å². The lowest BCUT2D eigenvalue weighted by atomic mass is 10.3. The van der Waals surface area contributed by atoms with Crippen molar-refractivity contribution in [2.45, 2.75) is 17.9 Å². The second kappa shape index (κ2) is 5.76. The summed E-state index contributed by atoms with van der Waals surface area (Å²) in [6.07, 6.45) is 0. The van der Waals surface area contributed by atoms with E-state index in [-0.39, 0.29) is 21.0 Å². The molecule has 1 aliphatic rings. The first kappa shape index (κ1) is 15.4. The van der Waals surface area contributed by atoms with Gasteiger partial charge in [0.25, 0.3) is 0 Å². The van der Waals surface area contributed by atoms with E-state index in [1.54, 1.807) is 0 Å². The summed E-state index contributed by atoms with van der Waals surface area (Å²) in [6, 6.07) is 2.62. The zero-order valence-corrected chi connectivity index (χ0v) is 13.2. The predicted octanol–water partition coefficient (Wildman–Crippen LogP) is 2.63. The molecule has 1 atom stereocenters.